The van der Waals surface area contributed by atoms with Gasteiger partial charge in [0.25, 0.3) is 0 Å². The molecule has 2 unspecified atom stereocenters. The number of hydrogen-bond donors (Lipinski definition) is 1. The Morgan fingerprint density at radius 3 is 2.65 bits per heavy atom. The predicted molar refractivity (Wildman–Crippen MR) is 64.6 cm³/mol. The molecular weight excluding hydrogens is 220 g/mol. The molecular formula is C14H19F2N. The lowest BCUT2D eigenvalue weighted by Gasteiger charge is -2.17. The monoisotopic (exact) mass is 239 g/mol. The molecule has 0 amide bonds. The van der Waals surface area contributed by atoms with Gasteiger partial charge in [0.05, 0.1) is 0 Å². The third-order valence-corrected chi connectivity index (χ3v) is 3.58. The molecule has 17 heavy (non-hydrogen) atoms. The molecule has 0 spiro atoms. The molecule has 1 fully saturated rings. The molecule has 0 aromatic heterocycles. The van der Waals surface area contributed by atoms with E-state index in [1.807, 2.05) is 0 Å². The van der Waals surface area contributed by atoms with Crippen LogP contribution in [-0.2, 0) is 6.42 Å². The van der Waals surface area contributed by atoms with Crippen LogP contribution in [0, 0.1) is 17.6 Å². The van der Waals surface area contributed by atoms with Gasteiger partial charge in [-0.2, -0.15) is 0 Å². The van der Waals surface area contributed by atoms with E-state index < -0.39 is 11.6 Å². The summed E-state index contributed by atoms with van der Waals surface area (Å²) in [5.41, 5.74) is 6.88. The van der Waals surface area contributed by atoms with Crippen molar-refractivity contribution in [2.45, 2.75) is 44.6 Å². The summed E-state index contributed by atoms with van der Waals surface area (Å²) >= 11 is 0. The van der Waals surface area contributed by atoms with Crippen LogP contribution >= 0.6 is 0 Å². The van der Waals surface area contributed by atoms with Gasteiger partial charge in [0.15, 0.2) is 11.6 Å². The molecule has 0 saturated heterocycles. The second-order valence-electron chi connectivity index (χ2n) is 5.10. The summed E-state index contributed by atoms with van der Waals surface area (Å²) in [4.78, 5) is 0. The molecule has 1 aromatic carbocycles. The number of halogens is 2. The highest BCUT2D eigenvalue weighted by atomic mass is 19.2. The summed E-state index contributed by atoms with van der Waals surface area (Å²) in [6, 6.07) is 4.47. The Morgan fingerprint density at radius 1 is 1.12 bits per heavy atom. The average molecular weight is 239 g/mol. The molecule has 94 valence electrons. The van der Waals surface area contributed by atoms with Crippen LogP contribution in [0.5, 0.6) is 0 Å². The maximum Gasteiger partial charge on any atom is 0.159 e. The molecule has 0 bridgehead atoms. The average Bonchev–Trinajstić information content (AvgIpc) is 2.48. The van der Waals surface area contributed by atoms with Crippen molar-refractivity contribution in [3.05, 3.63) is 35.4 Å². The maximum absolute atomic E-state index is 13.1. The van der Waals surface area contributed by atoms with Crippen LogP contribution in [0.4, 0.5) is 8.78 Å². The maximum atomic E-state index is 13.1. The molecule has 0 radical (unpaired) electrons. The lowest BCUT2D eigenvalue weighted by Crippen LogP contribution is -2.22. The minimum atomic E-state index is -0.772. The largest absolute Gasteiger partial charge is 0.328 e. The predicted octanol–water partition coefficient (Wildman–Crippen LogP) is 3.41. The zero-order chi connectivity index (χ0) is 12.3. The first-order valence-corrected chi connectivity index (χ1v) is 6.34. The van der Waals surface area contributed by atoms with E-state index in [-0.39, 0.29) is 6.04 Å². The topological polar surface area (TPSA) is 26.0 Å². The lowest BCUT2D eigenvalue weighted by molar-refractivity contribution is 0.428. The number of rotatable bonds is 2. The number of benzene rings is 1. The fourth-order valence-corrected chi connectivity index (χ4v) is 2.69. The highest BCUT2D eigenvalue weighted by Gasteiger charge is 2.18. The van der Waals surface area contributed by atoms with Gasteiger partial charge in [0.1, 0.15) is 0 Å². The summed E-state index contributed by atoms with van der Waals surface area (Å²) in [6.45, 7) is 0. The molecule has 2 rings (SSSR count). The van der Waals surface area contributed by atoms with Crippen molar-refractivity contribution >= 4 is 0 Å². The van der Waals surface area contributed by atoms with Gasteiger partial charge in [-0.1, -0.05) is 25.3 Å². The van der Waals surface area contributed by atoms with Crippen LogP contribution in [0.3, 0.4) is 0 Å². The third-order valence-electron chi connectivity index (χ3n) is 3.58. The Balaban J connectivity index is 2.01. The van der Waals surface area contributed by atoms with Crippen LogP contribution in [-0.4, -0.2) is 6.04 Å². The van der Waals surface area contributed by atoms with E-state index in [0.717, 1.165) is 31.2 Å². The normalized spacial score (nSPS) is 25.6. The van der Waals surface area contributed by atoms with Crippen LogP contribution in [0.25, 0.3) is 0 Å². The molecule has 0 heterocycles. The van der Waals surface area contributed by atoms with E-state index in [9.17, 15) is 8.78 Å². The quantitative estimate of drug-likeness (QED) is 0.786. The molecule has 3 heteroatoms. The third kappa shape index (κ3) is 3.50. The summed E-state index contributed by atoms with van der Waals surface area (Å²) < 4.78 is 25.9. The van der Waals surface area contributed by atoms with Crippen molar-refractivity contribution in [2.24, 2.45) is 11.7 Å². The fraction of sp³-hybridized carbons (Fsp3) is 0.571. The SMILES string of the molecule is NC1CCCCC(Cc2ccc(F)c(F)c2)C1. The van der Waals surface area contributed by atoms with E-state index in [0.29, 0.717) is 5.92 Å². The second kappa shape index (κ2) is 5.58. The van der Waals surface area contributed by atoms with Crippen LogP contribution in [0.1, 0.15) is 37.7 Å². The highest BCUT2D eigenvalue weighted by Crippen LogP contribution is 2.26. The fourth-order valence-electron chi connectivity index (χ4n) is 2.69. The van der Waals surface area contributed by atoms with E-state index in [1.165, 1.54) is 25.0 Å². The van der Waals surface area contributed by atoms with Crippen molar-refractivity contribution in [2.75, 3.05) is 0 Å². The summed E-state index contributed by atoms with van der Waals surface area (Å²) in [5.74, 6) is -1.01. The first kappa shape index (κ1) is 12.5. The Morgan fingerprint density at radius 2 is 1.88 bits per heavy atom. The van der Waals surface area contributed by atoms with E-state index >= 15 is 0 Å². The molecule has 2 N–H and O–H groups in total. The van der Waals surface area contributed by atoms with Gasteiger partial charge in [-0.25, -0.2) is 8.78 Å². The van der Waals surface area contributed by atoms with Crippen molar-refractivity contribution in [3.63, 3.8) is 0 Å². The van der Waals surface area contributed by atoms with E-state index in [2.05, 4.69) is 0 Å². The van der Waals surface area contributed by atoms with E-state index in [4.69, 9.17) is 5.73 Å². The molecule has 2 atom stereocenters. The van der Waals surface area contributed by atoms with Crippen molar-refractivity contribution < 1.29 is 8.78 Å². The van der Waals surface area contributed by atoms with Crippen LogP contribution < -0.4 is 5.73 Å². The van der Waals surface area contributed by atoms with Gasteiger partial charge >= 0.3 is 0 Å². The highest BCUT2D eigenvalue weighted by molar-refractivity contribution is 5.18. The van der Waals surface area contributed by atoms with Gasteiger partial charge in [0.2, 0.25) is 0 Å². The van der Waals surface area contributed by atoms with Gasteiger partial charge < -0.3 is 5.73 Å². The Labute approximate surface area is 101 Å². The standard InChI is InChI=1S/C14H19F2N/c15-13-6-5-11(9-14(13)16)7-10-3-1-2-4-12(17)8-10/h5-6,9-10,12H,1-4,7-8,17H2. The summed E-state index contributed by atoms with van der Waals surface area (Å²) in [6.07, 6.45) is 6.43. The Kier molecular flexibility index (Phi) is 4.11. The molecule has 0 aliphatic heterocycles. The van der Waals surface area contributed by atoms with Crippen LogP contribution in [0.2, 0.25) is 0 Å². The van der Waals surface area contributed by atoms with Crippen LogP contribution in [0.15, 0.2) is 18.2 Å². The Bertz CT molecular complexity index is 378. The number of hydrogen-bond acceptors (Lipinski definition) is 1. The molecule has 1 aromatic rings. The summed E-state index contributed by atoms with van der Waals surface area (Å²) in [5, 5.41) is 0. The van der Waals surface area contributed by atoms with Gasteiger partial charge in [-0.15, -0.1) is 0 Å². The van der Waals surface area contributed by atoms with Gasteiger partial charge in [-0.3, -0.25) is 0 Å². The molecule has 1 aliphatic carbocycles. The van der Waals surface area contributed by atoms with Gasteiger partial charge in [-0.05, 0) is 42.9 Å². The van der Waals surface area contributed by atoms with Crippen molar-refractivity contribution in [1.29, 1.82) is 0 Å². The van der Waals surface area contributed by atoms with E-state index in [1.54, 1.807) is 6.07 Å². The Hall–Kier alpha value is -0.960. The molecule has 1 aliphatic rings. The zero-order valence-corrected chi connectivity index (χ0v) is 9.96. The number of nitrogens with two attached hydrogens (primary N) is 1. The molecule has 1 saturated carbocycles. The smallest absolute Gasteiger partial charge is 0.159 e. The van der Waals surface area contributed by atoms with Crippen molar-refractivity contribution in [3.8, 4) is 0 Å². The van der Waals surface area contributed by atoms with Gasteiger partial charge in [0, 0.05) is 6.04 Å². The zero-order valence-electron chi connectivity index (χ0n) is 9.96. The molecule has 1 nitrogen and oxygen atoms in total. The minimum Gasteiger partial charge on any atom is -0.328 e. The first-order chi connectivity index (χ1) is 8.15. The summed E-state index contributed by atoms with van der Waals surface area (Å²) in [7, 11) is 0. The van der Waals surface area contributed by atoms with Crippen molar-refractivity contribution in [1.82, 2.24) is 0 Å². The minimum absolute atomic E-state index is 0.271. The first-order valence-electron chi connectivity index (χ1n) is 6.34. The second-order valence-corrected chi connectivity index (χ2v) is 5.10. The lowest BCUT2D eigenvalue weighted by atomic mass is 9.91.